The number of benzene rings is 2. The normalized spacial score (nSPS) is 14.9. The third-order valence-corrected chi connectivity index (χ3v) is 5.74. The van der Waals surface area contributed by atoms with Crippen LogP contribution in [0.25, 0.3) is 6.08 Å². The second-order valence-electron chi connectivity index (χ2n) is 8.08. The quantitative estimate of drug-likeness (QED) is 0.386. The van der Waals surface area contributed by atoms with Crippen molar-refractivity contribution in [3.05, 3.63) is 82.1 Å². The Kier molecular flexibility index (Phi) is 6.93. The number of aryl methyl sites for hydroxylation is 2. The van der Waals surface area contributed by atoms with E-state index in [4.69, 9.17) is 21.1 Å². The molecule has 1 aromatic heterocycles. The van der Waals surface area contributed by atoms with Crippen molar-refractivity contribution in [1.82, 2.24) is 9.88 Å². The zero-order valence-electron chi connectivity index (χ0n) is 19.5. The number of hydrogen-bond acceptors (Lipinski definition) is 5. The summed E-state index contributed by atoms with van der Waals surface area (Å²) in [7, 11) is 1.46. The molecule has 3 aromatic rings. The number of amides is 4. The van der Waals surface area contributed by atoms with Crippen LogP contribution in [0.1, 0.15) is 16.8 Å². The van der Waals surface area contributed by atoms with Gasteiger partial charge in [0.25, 0.3) is 11.8 Å². The molecule has 2 heterocycles. The van der Waals surface area contributed by atoms with Crippen molar-refractivity contribution in [1.29, 1.82) is 0 Å². The molecule has 0 unspecified atom stereocenters. The van der Waals surface area contributed by atoms with Crippen LogP contribution in [0.2, 0.25) is 5.02 Å². The topological polar surface area (TPSA) is 89.9 Å². The van der Waals surface area contributed by atoms with E-state index in [1.165, 1.54) is 25.3 Å². The number of carbonyl (C=O) groups is 3. The van der Waals surface area contributed by atoms with Crippen molar-refractivity contribution in [2.45, 2.75) is 20.4 Å². The number of anilines is 1. The number of carbonyl (C=O) groups excluding carboxylic acids is 3. The zero-order valence-corrected chi connectivity index (χ0v) is 20.3. The van der Waals surface area contributed by atoms with Crippen LogP contribution in [-0.4, -0.2) is 36.1 Å². The second-order valence-corrected chi connectivity index (χ2v) is 8.48. The molecule has 35 heavy (non-hydrogen) atoms. The monoisotopic (exact) mass is 493 g/mol. The summed E-state index contributed by atoms with van der Waals surface area (Å²) in [5.41, 5.74) is 2.89. The minimum absolute atomic E-state index is 0.174. The van der Waals surface area contributed by atoms with Gasteiger partial charge >= 0.3 is 6.03 Å². The van der Waals surface area contributed by atoms with E-state index in [1.54, 1.807) is 18.2 Å². The Morgan fingerprint density at radius 3 is 2.46 bits per heavy atom. The lowest BCUT2D eigenvalue weighted by Crippen LogP contribution is -2.54. The number of methoxy groups -OCH3 is 1. The predicted octanol–water partition coefficient (Wildman–Crippen LogP) is 4.51. The van der Waals surface area contributed by atoms with Crippen LogP contribution in [0, 0.1) is 13.8 Å². The molecule has 0 spiro atoms. The summed E-state index contributed by atoms with van der Waals surface area (Å²) in [4.78, 5) is 39.1. The van der Waals surface area contributed by atoms with Crippen molar-refractivity contribution in [3.63, 3.8) is 0 Å². The standard InChI is InChI=1S/C26H24ClN3O5/c1-16-11-17(2)13-20(12-16)35-10-9-29-8-4-5-18(29)14-21-24(31)28-26(33)30(25(21)32)19-6-7-23(34-3)22(27)15-19/h4-8,11-15H,9-10H2,1-3H3,(H,28,31,33)/b21-14+. The summed E-state index contributed by atoms with van der Waals surface area (Å²) in [6.07, 6.45) is 3.29. The first kappa shape index (κ1) is 24.1. The number of barbiturate groups is 1. The summed E-state index contributed by atoms with van der Waals surface area (Å²) in [5, 5.41) is 2.44. The number of hydrogen-bond donors (Lipinski definition) is 1. The van der Waals surface area contributed by atoms with Crippen molar-refractivity contribution >= 4 is 41.2 Å². The molecule has 8 nitrogen and oxygen atoms in total. The summed E-state index contributed by atoms with van der Waals surface area (Å²) < 4.78 is 12.9. The van der Waals surface area contributed by atoms with Crippen molar-refractivity contribution in [3.8, 4) is 11.5 Å². The van der Waals surface area contributed by atoms with Gasteiger partial charge in [-0.1, -0.05) is 17.7 Å². The molecule has 4 amide bonds. The second kappa shape index (κ2) is 10.1. The fraction of sp³-hybridized carbons (Fsp3) is 0.192. The lowest BCUT2D eigenvalue weighted by molar-refractivity contribution is -0.122. The summed E-state index contributed by atoms with van der Waals surface area (Å²) in [6.45, 7) is 4.90. The molecule has 0 bridgehead atoms. The number of rotatable bonds is 7. The maximum Gasteiger partial charge on any atom is 0.335 e. The fourth-order valence-corrected chi connectivity index (χ4v) is 4.13. The smallest absolute Gasteiger partial charge is 0.335 e. The Morgan fingerprint density at radius 1 is 1.03 bits per heavy atom. The number of nitrogens with zero attached hydrogens (tertiary/aromatic N) is 2. The lowest BCUT2D eigenvalue weighted by Gasteiger charge is -2.26. The molecule has 1 saturated heterocycles. The molecule has 1 fully saturated rings. The highest BCUT2D eigenvalue weighted by atomic mass is 35.5. The van der Waals surface area contributed by atoms with Crippen LogP contribution in [0.15, 0.2) is 60.3 Å². The molecule has 0 radical (unpaired) electrons. The molecule has 9 heteroatoms. The van der Waals surface area contributed by atoms with E-state index in [1.807, 2.05) is 36.7 Å². The van der Waals surface area contributed by atoms with Crippen LogP contribution < -0.4 is 19.7 Å². The van der Waals surface area contributed by atoms with E-state index in [9.17, 15) is 14.4 Å². The van der Waals surface area contributed by atoms with Gasteiger partial charge in [0.1, 0.15) is 23.7 Å². The number of imide groups is 2. The van der Waals surface area contributed by atoms with Crippen LogP contribution in [0.5, 0.6) is 11.5 Å². The molecule has 0 saturated carbocycles. The molecule has 180 valence electrons. The van der Waals surface area contributed by atoms with Gasteiger partial charge in [-0.2, -0.15) is 0 Å². The summed E-state index contributed by atoms with van der Waals surface area (Å²) in [6, 6.07) is 13.2. The fourth-order valence-electron chi connectivity index (χ4n) is 3.87. The van der Waals surface area contributed by atoms with Crippen molar-refractivity contribution in [2.75, 3.05) is 18.6 Å². The first-order valence-electron chi connectivity index (χ1n) is 10.9. The van der Waals surface area contributed by atoms with Gasteiger partial charge in [0.15, 0.2) is 0 Å². The van der Waals surface area contributed by atoms with E-state index < -0.39 is 17.8 Å². The van der Waals surface area contributed by atoms with Crippen LogP contribution in [-0.2, 0) is 16.1 Å². The summed E-state index contributed by atoms with van der Waals surface area (Å²) >= 11 is 6.16. The van der Waals surface area contributed by atoms with Gasteiger partial charge in [-0.15, -0.1) is 0 Å². The van der Waals surface area contributed by atoms with Crippen molar-refractivity contribution < 1.29 is 23.9 Å². The zero-order chi connectivity index (χ0) is 25.1. The number of aromatic nitrogens is 1. The highest BCUT2D eigenvalue weighted by molar-refractivity contribution is 6.39. The minimum atomic E-state index is -0.851. The van der Waals surface area contributed by atoms with E-state index in [0.717, 1.165) is 21.8 Å². The first-order chi connectivity index (χ1) is 16.8. The van der Waals surface area contributed by atoms with Gasteiger partial charge in [-0.3, -0.25) is 14.9 Å². The van der Waals surface area contributed by atoms with Gasteiger partial charge in [0.2, 0.25) is 0 Å². The first-order valence-corrected chi connectivity index (χ1v) is 11.3. The number of ether oxygens (including phenoxy) is 2. The minimum Gasteiger partial charge on any atom is -0.495 e. The van der Waals surface area contributed by atoms with E-state index in [2.05, 4.69) is 11.4 Å². The molecular formula is C26H24ClN3O5. The summed E-state index contributed by atoms with van der Waals surface area (Å²) in [5.74, 6) is -0.342. The van der Waals surface area contributed by atoms with E-state index in [-0.39, 0.29) is 16.3 Å². The van der Waals surface area contributed by atoms with Gasteiger partial charge in [0.05, 0.1) is 24.4 Å². The largest absolute Gasteiger partial charge is 0.495 e. The van der Waals surface area contributed by atoms with E-state index >= 15 is 0 Å². The van der Waals surface area contributed by atoms with Gasteiger partial charge < -0.3 is 14.0 Å². The molecule has 4 rings (SSSR count). The average molecular weight is 494 g/mol. The number of halogens is 1. The molecule has 1 N–H and O–H groups in total. The highest BCUT2D eigenvalue weighted by Crippen LogP contribution is 2.31. The van der Waals surface area contributed by atoms with Crippen LogP contribution in [0.3, 0.4) is 0 Å². The molecule has 0 aliphatic carbocycles. The van der Waals surface area contributed by atoms with E-state index in [0.29, 0.717) is 24.6 Å². The maximum absolute atomic E-state index is 13.2. The van der Waals surface area contributed by atoms with Crippen molar-refractivity contribution in [2.24, 2.45) is 0 Å². The number of nitrogens with one attached hydrogen (secondary N) is 1. The van der Waals surface area contributed by atoms with Crippen LogP contribution >= 0.6 is 11.6 Å². The Balaban J connectivity index is 1.54. The third-order valence-electron chi connectivity index (χ3n) is 5.45. The average Bonchev–Trinajstić information content (AvgIpc) is 3.23. The van der Waals surface area contributed by atoms with Gasteiger partial charge in [-0.25, -0.2) is 9.69 Å². The maximum atomic E-state index is 13.2. The molecule has 1 aliphatic heterocycles. The van der Waals surface area contributed by atoms with Crippen LogP contribution in [0.4, 0.5) is 10.5 Å². The Hall–Kier alpha value is -4.04. The SMILES string of the molecule is COc1ccc(N2C(=O)NC(=O)/C(=C\c3cccn3CCOc3cc(C)cc(C)c3)C2=O)cc1Cl. The molecule has 0 atom stereocenters. The third kappa shape index (κ3) is 5.22. The number of urea groups is 1. The molecular weight excluding hydrogens is 470 g/mol. The Bertz CT molecular complexity index is 1320. The van der Waals surface area contributed by atoms with Gasteiger partial charge in [0, 0.05) is 11.9 Å². The Labute approximate surface area is 207 Å². The van der Waals surface area contributed by atoms with Gasteiger partial charge in [-0.05, 0) is 73.5 Å². The highest BCUT2D eigenvalue weighted by Gasteiger charge is 2.37. The predicted molar refractivity (Wildman–Crippen MR) is 133 cm³/mol. The Morgan fingerprint density at radius 2 is 1.77 bits per heavy atom. The lowest BCUT2D eigenvalue weighted by atomic mass is 10.1. The molecule has 1 aliphatic rings. The molecule has 2 aromatic carbocycles.